The Hall–Kier alpha value is -2.55. The van der Waals surface area contributed by atoms with Crippen molar-refractivity contribution < 1.29 is 9.21 Å². The van der Waals surface area contributed by atoms with E-state index < -0.39 is 0 Å². The van der Waals surface area contributed by atoms with Gasteiger partial charge in [-0.3, -0.25) is 4.79 Å². The van der Waals surface area contributed by atoms with Crippen LogP contribution in [0.1, 0.15) is 40.2 Å². The van der Waals surface area contributed by atoms with Crippen LogP contribution in [0.5, 0.6) is 0 Å². The van der Waals surface area contributed by atoms with Crippen molar-refractivity contribution in [3.63, 3.8) is 0 Å². The third-order valence-electron chi connectivity index (χ3n) is 3.89. The topological polar surface area (TPSA) is 42.2 Å². The van der Waals surface area contributed by atoms with Crippen molar-refractivity contribution in [3.05, 3.63) is 71.0 Å². The number of furan rings is 1. The van der Waals surface area contributed by atoms with E-state index in [4.69, 9.17) is 4.42 Å². The highest BCUT2D eigenvalue weighted by molar-refractivity contribution is 5.96. The van der Waals surface area contributed by atoms with E-state index in [2.05, 4.69) is 37.4 Å². The minimum Gasteiger partial charge on any atom is -0.451 e. The molecular weight excluding hydrogens is 274 g/mol. The molecule has 0 saturated carbocycles. The van der Waals surface area contributed by atoms with Gasteiger partial charge in [0.25, 0.3) is 5.91 Å². The first-order chi connectivity index (χ1) is 10.5. The largest absolute Gasteiger partial charge is 0.451 e. The summed E-state index contributed by atoms with van der Waals surface area (Å²) in [5, 5.41) is 3.94. The second-order valence-corrected chi connectivity index (χ2v) is 5.70. The molecule has 3 nitrogen and oxygen atoms in total. The van der Waals surface area contributed by atoms with E-state index in [0.717, 1.165) is 16.5 Å². The molecule has 1 aromatic heterocycles. The Morgan fingerprint density at radius 3 is 2.59 bits per heavy atom. The summed E-state index contributed by atoms with van der Waals surface area (Å²) in [6.45, 7) is 6.11. The molecular formula is C19H19NO2. The Morgan fingerprint density at radius 2 is 1.86 bits per heavy atom. The Balaban J connectivity index is 1.81. The fourth-order valence-corrected chi connectivity index (χ4v) is 2.75. The van der Waals surface area contributed by atoms with E-state index in [-0.39, 0.29) is 11.9 Å². The molecule has 1 atom stereocenters. The van der Waals surface area contributed by atoms with Gasteiger partial charge in [0.1, 0.15) is 5.58 Å². The molecule has 0 aliphatic heterocycles. The summed E-state index contributed by atoms with van der Waals surface area (Å²) in [7, 11) is 0. The molecule has 0 radical (unpaired) electrons. The maximum absolute atomic E-state index is 12.4. The van der Waals surface area contributed by atoms with Crippen LogP contribution in [0.15, 0.2) is 52.9 Å². The van der Waals surface area contributed by atoms with E-state index in [1.54, 1.807) is 6.07 Å². The van der Waals surface area contributed by atoms with Crippen molar-refractivity contribution >= 4 is 16.9 Å². The van der Waals surface area contributed by atoms with Gasteiger partial charge in [0.15, 0.2) is 5.76 Å². The maximum Gasteiger partial charge on any atom is 0.287 e. The number of para-hydroxylation sites is 1. The number of rotatable bonds is 3. The molecule has 1 unspecified atom stereocenters. The molecule has 0 fully saturated rings. The minimum atomic E-state index is -0.191. The number of fused-ring (bicyclic) bond motifs is 1. The number of amides is 1. The van der Waals surface area contributed by atoms with Crippen LogP contribution in [-0.2, 0) is 0 Å². The maximum atomic E-state index is 12.4. The van der Waals surface area contributed by atoms with E-state index in [9.17, 15) is 4.79 Å². The molecule has 1 amide bonds. The molecule has 0 saturated heterocycles. The molecule has 112 valence electrons. The molecule has 0 aliphatic carbocycles. The lowest BCUT2D eigenvalue weighted by atomic mass is 10.0. The second kappa shape index (κ2) is 5.68. The number of benzene rings is 2. The van der Waals surface area contributed by atoms with Crippen molar-refractivity contribution in [3.8, 4) is 0 Å². The average molecular weight is 293 g/mol. The fraction of sp³-hybridized carbons (Fsp3) is 0.211. The molecule has 3 heteroatoms. The van der Waals surface area contributed by atoms with E-state index in [1.807, 2.05) is 31.2 Å². The van der Waals surface area contributed by atoms with Crippen LogP contribution >= 0.6 is 0 Å². The van der Waals surface area contributed by atoms with Gasteiger partial charge in [-0.15, -0.1) is 0 Å². The fourth-order valence-electron chi connectivity index (χ4n) is 2.75. The van der Waals surface area contributed by atoms with E-state index in [0.29, 0.717) is 5.76 Å². The lowest BCUT2D eigenvalue weighted by Crippen LogP contribution is -2.26. The lowest BCUT2D eigenvalue weighted by Gasteiger charge is -2.16. The summed E-state index contributed by atoms with van der Waals surface area (Å²) < 4.78 is 5.60. The zero-order chi connectivity index (χ0) is 15.7. The van der Waals surface area contributed by atoms with Gasteiger partial charge in [-0.05, 0) is 44.0 Å². The summed E-state index contributed by atoms with van der Waals surface area (Å²) >= 11 is 0. The Morgan fingerprint density at radius 1 is 1.09 bits per heavy atom. The van der Waals surface area contributed by atoms with Crippen molar-refractivity contribution in [2.75, 3.05) is 0 Å². The van der Waals surface area contributed by atoms with Gasteiger partial charge < -0.3 is 9.73 Å². The Labute approximate surface area is 130 Å². The number of aryl methyl sites for hydroxylation is 2. The highest BCUT2D eigenvalue weighted by Gasteiger charge is 2.16. The molecule has 1 N–H and O–H groups in total. The molecule has 22 heavy (non-hydrogen) atoms. The van der Waals surface area contributed by atoms with Crippen LogP contribution in [0.25, 0.3) is 11.0 Å². The predicted octanol–water partition coefficient (Wildman–Crippen LogP) is 4.54. The number of carbonyl (C=O) groups excluding carboxylic acids is 1. The third kappa shape index (κ3) is 2.75. The Bertz CT molecular complexity index is 799. The molecule has 3 aromatic rings. The van der Waals surface area contributed by atoms with Gasteiger partial charge >= 0.3 is 0 Å². The SMILES string of the molecule is Cc1ccc(C(C)NC(=O)c2cc3ccccc3o2)c(C)c1. The Kier molecular flexibility index (Phi) is 3.72. The van der Waals surface area contributed by atoms with Gasteiger partial charge in [-0.1, -0.05) is 42.0 Å². The summed E-state index contributed by atoms with van der Waals surface area (Å²) in [6.07, 6.45) is 0. The number of hydrogen-bond acceptors (Lipinski definition) is 2. The summed E-state index contributed by atoms with van der Waals surface area (Å²) in [4.78, 5) is 12.4. The minimum absolute atomic E-state index is 0.0682. The highest BCUT2D eigenvalue weighted by Crippen LogP contribution is 2.21. The second-order valence-electron chi connectivity index (χ2n) is 5.70. The highest BCUT2D eigenvalue weighted by atomic mass is 16.3. The lowest BCUT2D eigenvalue weighted by molar-refractivity contribution is 0.0914. The van der Waals surface area contributed by atoms with Crippen molar-refractivity contribution in [1.82, 2.24) is 5.32 Å². The summed E-state index contributed by atoms with van der Waals surface area (Å²) in [6, 6.07) is 15.6. The van der Waals surface area contributed by atoms with Gasteiger partial charge in [0.05, 0.1) is 6.04 Å². The summed E-state index contributed by atoms with van der Waals surface area (Å²) in [5.41, 5.74) is 4.25. The quantitative estimate of drug-likeness (QED) is 0.770. The monoisotopic (exact) mass is 293 g/mol. The predicted molar refractivity (Wildman–Crippen MR) is 88.0 cm³/mol. The van der Waals surface area contributed by atoms with Gasteiger partial charge in [-0.25, -0.2) is 0 Å². The first-order valence-corrected chi connectivity index (χ1v) is 7.41. The molecule has 0 bridgehead atoms. The van der Waals surface area contributed by atoms with Crippen molar-refractivity contribution in [2.24, 2.45) is 0 Å². The van der Waals surface area contributed by atoms with Crippen molar-refractivity contribution in [2.45, 2.75) is 26.8 Å². The normalized spacial score (nSPS) is 12.3. The van der Waals surface area contributed by atoms with E-state index >= 15 is 0 Å². The van der Waals surface area contributed by atoms with Crippen LogP contribution in [0, 0.1) is 13.8 Å². The van der Waals surface area contributed by atoms with Crippen LogP contribution in [-0.4, -0.2) is 5.91 Å². The van der Waals surface area contributed by atoms with Crippen LogP contribution in [0.4, 0.5) is 0 Å². The van der Waals surface area contributed by atoms with Gasteiger partial charge in [-0.2, -0.15) is 0 Å². The van der Waals surface area contributed by atoms with Gasteiger partial charge in [0.2, 0.25) is 0 Å². The average Bonchev–Trinajstić information content (AvgIpc) is 2.91. The molecule has 0 aliphatic rings. The third-order valence-corrected chi connectivity index (χ3v) is 3.89. The van der Waals surface area contributed by atoms with Crippen LogP contribution < -0.4 is 5.32 Å². The molecule has 3 rings (SSSR count). The number of hydrogen-bond donors (Lipinski definition) is 1. The molecule has 1 heterocycles. The first-order valence-electron chi connectivity index (χ1n) is 7.41. The number of nitrogens with one attached hydrogen (secondary N) is 1. The zero-order valence-electron chi connectivity index (χ0n) is 13.0. The van der Waals surface area contributed by atoms with Crippen molar-refractivity contribution in [1.29, 1.82) is 0 Å². The molecule has 0 spiro atoms. The van der Waals surface area contributed by atoms with Gasteiger partial charge in [0, 0.05) is 5.39 Å². The summed E-state index contributed by atoms with van der Waals surface area (Å²) in [5.74, 6) is 0.154. The van der Waals surface area contributed by atoms with Crippen LogP contribution in [0.2, 0.25) is 0 Å². The first kappa shape index (κ1) is 14.4. The standard InChI is InChI=1S/C19H19NO2/c1-12-8-9-16(13(2)10-12)14(3)20-19(21)18-11-15-6-4-5-7-17(15)22-18/h4-11,14H,1-3H3,(H,20,21). The number of carbonyl (C=O) groups is 1. The molecule has 2 aromatic carbocycles. The smallest absolute Gasteiger partial charge is 0.287 e. The zero-order valence-corrected chi connectivity index (χ0v) is 13.0. The van der Waals surface area contributed by atoms with Crippen LogP contribution in [0.3, 0.4) is 0 Å². The van der Waals surface area contributed by atoms with E-state index in [1.165, 1.54) is 11.1 Å².